The molecule has 1 N–H and O–H groups in total. The summed E-state index contributed by atoms with van der Waals surface area (Å²) >= 11 is 5.94. The second-order valence-corrected chi connectivity index (χ2v) is 7.33. The average Bonchev–Trinajstić information content (AvgIpc) is 2.73. The third-order valence-electron chi connectivity index (χ3n) is 4.76. The van der Waals surface area contributed by atoms with Gasteiger partial charge in [0.25, 0.3) is 5.56 Å². The molecule has 0 aliphatic carbocycles. The van der Waals surface area contributed by atoms with Crippen LogP contribution >= 0.6 is 11.6 Å². The quantitative estimate of drug-likeness (QED) is 0.491. The van der Waals surface area contributed by atoms with E-state index < -0.39 is 11.6 Å². The van der Waals surface area contributed by atoms with Crippen LogP contribution in [0.5, 0.6) is 0 Å². The first-order valence-corrected chi connectivity index (χ1v) is 9.61. The smallest absolute Gasteiger partial charge is 0.252 e. The fourth-order valence-electron chi connectivity index (χ4n) is 3.14. The SMILES string of the molecule is CC(Nc1ncc2ccc(=O)n(Cc3ccc(F)c(F)c3)c2n1)c1ccc(Cl)cc1. The van der Waals surface area contributed by atoms with Gasteiger partial charge < -0.3 is 5.32 Å². The molecule has 2 aromatic heterocycles. The molecular weight excluding hydrogens is 410 g/mol. The number of hydrogen-bond acceptors (Lipinski definition) is 4. The minimum atomic E-state index is -0.963. The van der Waals surface area contributed by atoms with Gasteiger partial charge in [-0.1, -0.05) is 29.8 Å². The predicted molar refractivity (Wildman–Crippen MR) is 113 cm³/mol. The van der Waals surface area contributed by atoms with Gasteiger partial charge in [-0.2, -0.15) is 4.98 Å². The molecule has 8 heteroatoms. The summed E-state index contributed by atoms with van der Waals surface area (Å²) in [6.07, 6.45) is 1.61. The molecule has 4 rings (SSSR count). The van der Waals surface area contributed by atoms with Crippen LogP contribution in [0, 0.1) is 11.6 Å². The Labute approximate surface area is 176 Å². The third-order valence-corrected chi connectivity index (χ3v) is 5.02. The van der Waals surface area contributed by atoms with Crippen molar-refractivity contribution in [2.45, 2.75) is 19.5 Å². The molecule has 152 valence electrons. The van der Waals surface area contributed by atoms with Crippen LogP contribution in [0.4, 0.5) is 14.7 Å². The van der Waals surface area contributed by atoms with Gasteiger partial charge in [0, 0.05) is 22.7 Å². The first-order valence-electron chi connectivity index (χ1n) is 9.23. The number of nitrogens with zero attached hydrogens (tertiary/aromatic N) is 3. The Morgan fingerprint density at radius 1 is 1.07 bits per heavy atom. The molecule has 2 aromatic carbocycles. The first-order chi connectivity index (χ1) is 14.4. The number of halogens is 3. The second kappa shape index (κ2) is 8.20. The van der Waals surface area contributed by atoms with Gasteiger partial charge in [-0.3, -0.25) is 9.36 Å². The van der Waals surface area contributed by atoms with E-state index in [2.05, 4.69) is 15.3 Å². The minimum Gasteiger partial charge on any atom is -0.348 e. The first kappa shape index (κ1) is 20.0. The van der Waals surface area contributed by atoms with Crippen molar-refractivity contribution in [2.24, 2.45) is 0 Å². The molecule has 0 amide bonds. The van der Waals surface area contributed by atoms with Gasteiger partial charge in [0.2, 0.25) is 5.95 Å². The van der Waals surface area contributed by atoms with Crippen molar-refractivity contribution in [3.05, 3.63) is 98.9 Å². The predicted octanol–water partition coefficient (Wildman–Crippen LogP) is 4.94. The molecule has 4 aromatic rings. The van der Waals surface area contributed by atoms with Gasteiger partial charge in [-0.25, -0.2) is 13.8 Å². The maximum absolute atomic E-state index is 13.6. The molecule has 0 saturated carbocycles. The summed E-state index contributed by atoms with van der Waals surface area (Å²) < 4.78 is 28.2. The Morgan fingerprint density at radius 3 is 2.57 bits per heavy atom. The van der Waals surface area contributed by atoms with E-state index >= 15 is 0 Å². The highest BCUT2D eigenvalue weighted by Crippen LogP contribution is 2.20. The number of anilines is 1. The Kier molecular flexibility index (Phi) is 5.46. The summed E-state index contributed by atoms with van der Waals surface area (Å²) in [6.45, 7) is 2.01. The lowest BCUT2D eigenvalue weighted by Crippen LogP contribution is -2.21. The van der Waals surface area contributed by atoms with Crippen molar-refractivity contribution in [1.82, 2.24) is 14.5 Å². The van der Waals surface area contributed by atoms with Crippen molar-refractivity contribution in [1.29, 1.82) is 0 Å². The van der Waals surface area contributed by atoms with Crippen molar-refractivity contribution < 1.29 is 8.78 Å². The molecule has 1 unspecified atom stereocenters. The molecule has 5 nitrogen and oxygen atoms in total. The standard InChI is InChI=1S/C22H17ClF2N4O/c1-13(15-3-6-17(23)7-4-15)27-22-26-11-16-5-9-20(30)29(21(16)28-22)12-14-2-8-18(24)19(25)10-14/h2-11,13H,12H2,1H3,(H,26,27,28). The summed E-state index contributed by atoms with van der Waals surface area (Å²) in [7, 11) is 0. The van der Waals surface area contributed by atoms with Gasteiger partial charge in [-0.15, -0.1) is 0 Å². The number of benzene rings is 2. The lowest BCUT2D eigenvalue weighted by molar-refractivity contribution is 0.506. The summed E-state index contributed by atoms with van der Waals surface area (Å²) in [5.41, 5.74) is 1.54. The molecule has 2 heterocycles. The molecule has 0 saturated heterocycles. The van der Waals surface area contributed by atoms with E-state index in [0.717, 1.165) is 17.7 Å². The molecule has 0 aliphatic heterocycles. The summed E-state index contributed by atoms with van der Waals surface area (Å²) in [5, 5.41) is 4.51. The summed E-state index contributed by atoms with van der Waals surface area (Å²) in [6, 6.07) is 13.9. The number of hydrogen-bond donors (Lipinski definition) is 1. The summed E-state index contributed by atoms with van der Waals surface area (Å²) in [5.74, 6) is -1.56. The fourth-order valence-corrected chi connectivity index (χ4v) is 3.27. The zero-order valence-electron chi connectivity index (χ0n) is 15.9. The zero-order valence-corrected chi connectivity index (χ0v) is 16.7. The van der Waals surface area contributed by atoms with Gasteiger partial charge in [-0.05, 0) is 48.4 Å². The maximum atomic E-state index is 13.6. The molecule has 0 aliphatic rings. The lowest BCUT2D eigenvalue weighted by Gasteiger charge is -2.15. The van der Waals surface area contributed by atoms with Crippen LogP contribution in [0.3, 0.4) is 0 Å². The van der Waals surface area contributed by atoms with Crippen molar-refractivity contribution >= 4 is 28.6 Å². The maximum Gasteiger partial charge on any atom is 0.252 e. The number of rotatable bonds is 5. The normalized spacial score (nSPS) is 12.1. The highest BCUT2D eigenvalue weighted by molar-refractivity contribution is 6.30. The van der Waals surface area contributed by atoms with E-state index in [4.69, 9.17) is 11.6 Å². The van der Waals surface area contributed by atoms with Gasteiger partial charge in [0.15, 0.2) is 11.6 Å². The number of aromatic nitrogens is 3. The second-order valence-electron chi connectivity index (χ2n) is 6.90. The van der Waals surface area contributed by atoms with Crippen LogP contribution in [-0.4, -0.2) is 14.5 Å². The van der Waals surface area contributed by atoms with Crippen molar-refractivity contribution in [3.63, 3.8) is 0 Å². The van der Waals surface area contributed by atoms with Crippen LogP contribution < -0.4 is 10.9 Å². The molecule has 0 radical (unpaired) electrons. The molecule has 1 atom stereocenters. The lowest BCUT2D eigenvalue weighted by atomic mass is 10.1. The van der Waals surface area contributed by atoms with Crippen LogP contribution in [0.15, 0.2) is 65.6 Å². The van der Waals surface area contributed by atoms with E-state index in [1.807, 2.05) is 19.1 Å². The Balaban J connectivity index is 1.68. The average molecular weight is 427 g/mol. The molecule has 0 spiro atoms. The zero-order chi connectivity index (χ0) is 21.3. The number of nitrogens with one attached hydrogen (secondary N) is 1. The molecular formula is C22H17ClF2N4O. The Bertz CT molecular complexity index is 1270. The third kappa shape index (κ3) is 4.16. The van der Waals surface area contributed by atoms with Crippen molar-refractivity contribution in [2.75, 3.05) is 5.32 Å². The van der Waals surface area contributed by atoms with Crippen molar-refractivity contribution in [3.8, 4) is 0 Å². The fraction of sp³-hybridized carbons (Fsp3) is 0.136. The van der Waals surface area contributed by atoms with E-state index in [1.54, 1.807) is 24.4 Å². The minimum absolute atomic E-state index is 0.0521. The highest BCUT2D eigenvalue weighted by Gasteiger charge is 2.12. The van der Waals surface area contributed by atoms with Crippen LogP contribution in [0.2, 0.25) is 5.02 Å². The van der Waals surface area contributed by atoms with E-state index in [9.17, 15) is 13.6 Å². The summed E-state index contributed by atoms with van der Waals surface area (Å²) in [4.78, 5) is 21.3. The van der Waals surface area contributed by atoms with Crippen LogP contribution in [-0.2, 0) is 6.54 Å². The number of pyridine rings is 1. The van der Waals surface area contributed by atoms with E-state index in [-0.39, 0.29) is 18.1 Å². The van der Waals surface area contributed by atoms with E-state index in [0.29, 0.717) is 27.6 Å². The van der Waals surface area contributed by atoms with Gasteiger partial charge in [0.1, 0.15) is 5.65 Å². The molecule has 0 fully saturated rings. The van der Waals surface area contributed by atoms with Gasteiger partial charge in [0.05, 0.1) is 12.6 Å². The van der Waals surface area contributed by atoms with Gasteiger partial charge >= 0.3 is 0 Å². The largest absolute Gasteiger partial charge is 0.348 e. The van der Waals surface area contributed by atoms with Crippen LogP contribution in [0.1, 0.15) is 24.1 Å². The topological polar surface area (TPSA) is 59.8 Å². The molecule has 0 bridgehead atoms. The Morgan fingerprint density at radius 2 is 1.83 bits per heavy atom. The highest BCUT2D eigenvalue weighted by atomic mass is 35.5. The number of fused-ring (bicyclic) bond motifs is 1. The Hall–Kier alpha value is -3.32. The monoisotopic (exact) mass is 426 g/mol. The molecule has 30 heavy (non-hydrogen) atoms. The van der Waals surface area contributed by atoms with E-state index in [1.165, 1.54) is 16.7 Å². The van der Waals surface area contributed by atoms with Crippen LogP contribution in [0.25, 0.3) is 11.0 Å².